The lowest BCUT2D eigenvalue weighted by Crippen LogP contribution is -2.36. The molecule has 3 N–H and O–H groups in total. The van der Waals surface area contributed by atoms with E-state index in [1.54, 1.807) is 0 Å². The second-order valence-electron chi connectivity index (χ2n) is 5.22. The molecule has 21 heavy (non-hydrogen) atoms. The molecule has 1 atom stereocenters. The number of benzene rings is 1. The first-order chi connectivity index (χ1) is 10.0. The predicted molar refractivity (Wildman–Crippen MR) is 81.6 cm³/mol. The number of rotatable bonds is 10. The van der Waals surface area contributed by atoms with Crippen molar-refractivity contribution in [1.29, 1.82) is 0 Å². The molecule has 1 unspecified atom stereocenters. The minimum atomic E-state index is -0.812. The number of aliphatic hydroxyl groups is 1. The van der Waals surface area contributed by atoms with E-state index in [1.165, 1.54) is 11.1 Å². The van der Waals surface area contributed by atoms with Gasteiger partial charge in [-0.15, -0.1) is 0 Å². The monoisotopic (exact) mass is 295 g/mol. The van der Waals surface area contributed by atoms with Crippen LogP contribution in [-0.4, -0.2) is 48.6 Å². The lowest BCUT2D eigenvalue weighted by Gasteiger charge is -2.18. The van der Waals surface area contributed by atoms with Crippen molar-refractivity contribution in [3.05, 3.63) is 34.9 Å². The Balaban J connectivity index is 2.54. The van der Waals surface area contributed by atoms with Crippen LogP contribution >= 0.6 is 0 Å². The number of aliphatic hydroxyl groups excluding tert-OH is 1. The first-order valence-corrected chi connectivity index (χ1v) is 7.23. The van der Waals surface area contributed by atoms with Gasteiger partial charge in [0.1, 0.15) is 0 Å². The van der Waals surface area contributed by atoms with Crippen molar-refractivity contribution in [2.24, 2.45) is 0 Å². The van der Waals surface area contributed by atoms with Crippen molar-refractivity contribution >= 4 is 5.97 Å². The van der Waals surface area contributed by atoms with E-state index in [-0.39, 0.29) is 19.1 Å². The van der Waals surface area contributed by atoms with E-state index in [1.807, 2.05) is 19.9 Å². The number of hydrogen-bond donors (Lipinski definition) is 3. The molecule has 0 saturated heterocycles. The van der Waals surface area contributed by atoms with E-state index in [2.05, 4.69) is 17.4 Å². The summed E-state index contributed by atoms with van der Waals surface area (Å²) in [6.45, 7) is 5.43. The summed E-state index contributed by atoms with van der Waals surface area (Å²) in [5.74, 6) is -0.812. The second-order valence-corrected chi connectivity index (χ2v) is 5.22. The maximum atomic E-state index is 11.0. The molecule has 118 valence electrons. The van der Waals surface area contributed by atoms with Crippen LogP contribution in [0.1, 0.15) is 23.1 Å². The average Bonchev–Trinajstić information content (AvgIpc) is 2.41. The van der Waals surface area contributed by atoms with Crippen LogP contribution in [0.4, 0.5) is 0 Å². The quantitative estimate of drug-likeness (QED) is 0.567. The smallest absolute Gasteiger partial charge is 0.304 e. The van der Waals surface area contributed by atoms with Gasteiger partial charge in [0.2, 0.25) is 0 Å². The first-order valence-electron chi connectivity index (χ1n) is 7.23. The molecule has 0 bridgehead atoms. The highest BCUT2D eigenvalue weighted by Crippen LogP contribution is 2.14. The molecule has 0 aromatic heterocycles. The second kappa shape index (κ2) is 9.50. The average molecular weight is 295 g/mol. The summed E-state index contributed by atoms with van der Waals surface area (Å²) in [6, 6.07) is 6.09. The van der Waals surface area contributed by atoms with Gasteiger partial charge in [0.05, 0.1) is 26.2 Å². The molecule has 0 aliphatic rings. The third-order valence-corrected chi connectivity index (χ3v) is 3.30. The van der Waals surface area contributed by atoms with Crippen molar-refractivity contribution < 1.29 is 19.7 Å². The van der Waals surface area contributed by atoms with E-state index in [4.69, 9.17) is 14.9 Å². The molecular formula is C16H25NO4. The van der Waals surface area contributed by atoms with Gasteiger partial charge < -0.3 is 20.3 Å². The Hall–Kier alpha value is -1.43. The maximum absolute atomic E-state index is 11.0. The summed E-state index contributed by atoms with van der Waals surface area (Å²) in [5, 5.41) is 20.8. The molecule has 1 rings (SSSR count). The first kappa shape index (κ1) is 17.6. The Morgan fingerprint density at radius 1 is 1.33 bits per heavy atom. The number of carbonyl (C=O) groups is 1. The summed E-state index contributed by atoms with van der Waals surface area (Å²) in [5.41, 5.74) is 3.55. The van der Waals surface area contributed by atoms with Crippen molar-refractivity contribution in [3.63, 3.8) is 0 Å². The summed E-state index contributed by atoms with van der Waals surface area (Å²) in [4.78, 5) is 11.0. The zero-order valence-corrected chi connectivity index (χ0v) is 12.8. The largest absolute Gasteiger partial charge is 0.481 e. The van der Waals surface area contributed by atoms with Crippen molar-refractivity contribution in [2.75, 3.05) is 26.4 Å². The number of ether oxygens (including phenoxy) is 1. The van der Waals surface area contributed by atoms with Gasteiger partial charge in [-0.05, 0) is 31.4 Å². The van der Waals surface area contributed by atoms with Crippen LogP contribution in [0.5, 0.6) is 0 Å². The molecule has 5 heteroatoms. The molecule has 5 nitrogen and oxygen atoms in total. The summed E-state index contributed by atoms with van der Waals surface area (Å²) in [7, 11) is 0. The Kier molecular flexibility index (Phi) is 7.97. The van der Waals surface area contributed by atoms with Gasteiger partial charge in [0.25, 0.3) is 0 Å². The van der Waals surface area contributed by atoms with Crippen LogP contribution < -0.4 is 5.32 Å². The third kappa shape index (κ3) is 7.22. The Labute approximate surface area is 125 Å². The Morgan fingerprint density at radius 2 is 2.10 bits per heavy atom. The highest BCUT2D eigenvalue weighted by molar-refractivity contribution is 5.67. The zero-order valence-electron chi connectivity index (χ0n) is 12.8. The van der Waals surface area contributed by atoms with E-state index < -0.39 is 5.97 Å². The van der Waals surface area contributed by atoms with Crippen molar-refractivity contribution in [2.45, 2.75) is 32.7 Å². The Bertz CT molecular complexity index is 448. The fraction of sp³-hybridized carbons (Fsp3) is 0.562. The molecule has 1 aromatic carbocycles. The molecule has 0 radical (unpaired) electrons. The molecule has 0 heterocycles. The van der Waals surface area contributed by atoms with Crippen LogP contribution in [-0.2, 0) is 16.0 Å². The standard InChI is InChI=1S/C16H25NO4/c1-12-3-4-14(13(2)9-12)10-15(11-16(19)20)17-5-7-21-8-6-18/h3-4,9,15,17-18H,5-8,10-11H2,1-2H3,(H,19,20). The van der Waals surface area contributed by atoms with Gasteiger partial charge in [0, 0.05) is 12.6 Å². The van der Waals surface area contributed by atoms with Gasteiger partial charge >= 0.3 is 5.97 Å². The number of aliphatic carboxylic acids is 1. The molecule has 0 amide bonds. The molecule has 0 aliphatic carbocycles. The van der Waals surface area contributed by atoms with Gasteiger partial charge in [-0.25, -0.2) is 0 Å². The van der Waals surface area contributed by atoms with Crippen LogP contribution in [0, 0.1) is 13.8 Å². The summed E-state index contributed by atoms with van der Waals surface area (Å²) < 4.78 is 5.17. The molecular weight excluding hydrogens is 270 g/mol. The van der Waals surface area contributed by atoms with Gasteiger partial charge in [-0.1, -0.05) is 23.8 Å². The normalized spacial score (nSPS) is 12.3. The fourth-order valence-electron chi connectivity index (χ4n) is 2.27. The van der Waals surface area contributed by atoms with Gasteiger partial charge in [0.15, 0.2) is 0 Å². The SMILES string of the molecule is Cc1ccc(CC(CC(=O)O)NCCOCCO)c(C)c1. The highest BCUT2D eigenvalue weighted by Gasteiger charge is 2.14. The topological polar surface area (TPSA) is 78.8 Å². The number of nitrogens with one attached hydrogen (secondary N) is 1. The summed E-state index contributed by atoms with van der Waals surface area (Å²) >= 11 is 0. The van der Waals surface area contributed by atoms with E-state index in [0.717, 1.165) is 5.56 Å². The van der Waals surface area contributed by atoms with Crippen LogP contribution in [0.25, 0.3) is 0 Å². The van der Waals surface area contributed by atoms with E-state index >= 15 is 0 Å². The van der Waals surface area contributed by atoms with E-state index in [0.29, 0.717) is 26.2 Å². The minimum Gasteiger partial charge on any atom is -0.481 e. The lowest BCUT2D eigenvalue weighted by atomic mass is 9.97. The number of carboxylic acid groups (broad SMARTS) is 1. The van der Waals surface area contributed by atoms with Gasteiger partial charge in [-0.2, -0.15) is 0 Å². The molecule has 0 spiro atoms. The highest BCUT2D eigenvalue weighted by atomic mass is 16.5. The molecule has 0 aliphatic heterocycles. The van der Waals surface area contributed by atoms with Crippen molar-refractivity contribution in [3.8, 4) is 0 Å². The fourth-order valence-corrected chi connectivity index (χ4v) is 2.27. The zero-order chi connectivity index (χ0) is 15.7. The van der Waals surface area contributed by atoms with Crippen LogP contribution in [0.2, 0.25) is 0 Å². The molecule has 0 fully saturated rings. The number of hydrogen-bond acceptors (Lipinski definition) is 4. The van der Waals surface area contributed by atoms with Crippen LogP contribution in [0.3, 0.4) is 0 Å². The Morgan fingerprint density at radius 3 is 2.71 bits per heavy atom. The van der Waals surface area contributed by atoms with Gasteiger partial charge in [-0.3, -0.25) is 4.79 Å². The number of carboxylic acids is 1. The third-order valence-electron chi connectivity index (χ3n) is 3.30. The molecule has 1 aromatic rings. The van der Waals surface area contributed by atoms with E-state index in [9.17, 15) is 4.79 Å². The molecule has 0 saturated carbocycles. The number of aryl methyl sites for hydroxylation is 2. The lowest BCUT2D eigenvalue weighted by molar-refractivity contribution is -0.137. The maximum Gasteiger partial charge on any atom is 0.304 e. The predicted octanol–water partition coefficient (Wildman–Crippen LogP) is 1.29. The van der Waals surface area contributed by atoms with Crippen LogP contribution in [0.15, 0.2) is 18.2 Å². The van der Waals surface area contributed by atoms with Crippen molar-refractivity contribution in [1.82, 2.24) is 5.32 Å². The minimum absolute atomic E-state index is 0.00111. The summed E-state index contributed by atoms with van der Waals surface area (Å²) in [6.07, 6.45) is 0.756.